The Labute approximate surface area is 123 Å². The number of hydrogen-bond acceptors (Lipinski definition) is 3. The average molecular weight is 220 g/mol. The van der Waals surface area contributed by atoms with E-state index in [0.29, 0.717) is 5.56 Å². The van der Waals surface area contributed by atoms with E-state index in [1.165, 1.54) is 18.2 Å². The second kappa shape index (κ2) is 4.83. The Kier molecular flexibility index (Phi) is 4.24. The summed E-state index contributed by atoms with van der Waals surface area (Å²) in [4.78, 5) is 10.3. The minimum Gasteiger partial charge on any atom is -0.547 e. The molecule has 0 amide bonds. The summed E-state index contributed by atoms with van der Waals surface area (Å²) < 4.78 is 17.5. The van der Waals surface area contributed by atoms with Crippen molar-refractivity contribution in [2.24, 2.45) is 0 Å². The second-order valence-corrected chi connectivity index (χ2v) is 2.85. The number of carbonyl (C=O) groups excluding carboxylic acids is 1. The fourth-order valence-corrected chi connectivity index (χ4v) is 1.23. The number of rotatable bonds is 2. The zero-order valence-electron chi connectivity index (χ0n) is 7.57. The van der Waals surface area contributed by atoms with Gasteiger partial charge in [-0.05, 0) is 17.7 Å². The standard InChI is InChI=1S/C9H7FO3.K/c10-6-3-1-2-5(4-6)7-8(13-7)9(11)12;/h1-4,7-8H,(H,11,12);/q;+1/p-1. The van der Waals surface area contributed by atoms with Crippen molar-refractivity contribution < 1.29 is 70.4 Å². The number of aliphatic carboxylic acids is 1. The predicted octanol–water partition coefficient (Wildman–Crippen LogP) is -2.98. The summed E-state index contributed by atoms with van der Waals surface area (Å²) in [5, 5.41) is 10.3. The fraction of sp³-hybridized carbons (Fsp3) is 0.222. The van der Waals surface area contributed by atoms with Crippen molar-refractivity contribution in [3.8, 4) is 0 Å². The van der Waals surface area contributed by atoms with Gasteiger partial charge in [0, 0.05) is 0 Å². The average Bonchev–Trinajstić information content (AvgIpc) is 2.82. The summed E-state index contributed by atoms with van der Waals surface area (Å²) in [6, 6.07) is 5.68. The molecule has 1 aromatic rings. The maximum Gasteiger partial charge on any atom is 1.00 e. The van der Waals surface area contributed by atoms with E-state index in [2.05, 4.69) is 0 Å². The van der Waals surface area contributed by atoms with Crippen LogP contribution in [0.15, 0.2) is 24.3 Å². The molecule has 1 saturated heterocycles. The fourth-order valence-electron chi connectivity index (χ4n) is 1.23. The number of benzene rings is 1. The van der Waals surface area contributed by atoms with Crippen molar-refractivity contribution in [2.45, 2.75) is 12.2 Å². The van der Waals surface area contributed by atoms with E-state index in [1.807, 2.05) is 0 Å². The van der Waals surface area contributed by atoms with Crippen LogP contribution in [0.1, 0.15) is 11.7 Å². The topological polar surface area (TPSA) is 52.7 Å². The molecule has 0 spiro atoms. The maximum atomic E-state index is 12.7. The molecule has 0 aliphatic carbocycles. The van der Waals surface area contributed by atoms with Crippen molar-refractivity contribution in [2.75, 3.05) is 0 Å². The third-order valence-electron chi connectivity index (χ3n) is 1.90. The summed E-state index contributed by atoms with van der Waals surface area (Å²) in [5.41, 5.74) is 0.536. The van der Waals surface area contributed by atoms with E-state index in [1.54, 1.807) is 6.07 Å². The molecule has 2 atom stereocenters. The number of epoxide rings is 1. The molecule has 0 N–H and O–H groups in total. The molecule has 0 saturated carbocycles. The van der Waals surface area contributed by atoms with Gasteiger partial charge in [0.25, 0.3) is 0 Å². The number of ether oxygens (including phenoxy) is 1. The molecule has 0 aromatic heterocycles. The van der Waals surface area contributed by atoms with Crippen molar-refractivity contribution in [1.82, 2.24) is 0 Å². The van der Waals surface area contributed by atoms with Gasteiger partial charge >= 0.3 is 51.4 Å². The third-order valence-corrected chi connectivity index (χ3v) is 1.90. The number of carboxylic acids is 1. The van der Waals surface area contributed by atoms with Crippen LogP contribution in [-0.4, -0.2) is 12.1 Å². The van der Waals surface area contributed by atoms with Crippen LogP contribution < -0.4 is 56.5 Å². The molecule has 1 aliphatic rings. The van der Waals surface area contributed by atoms with Crippen LogP contribution in [0, 0.1) is 5.82 Å². The van der Waals surface area contributed by atoms with Gasteiger partial charge in [-0.25, -0.2) is 4.39 Å². The van der Waals surface area contributed by atoms with Crippen LogP contribution >= 0.6 is 0 Å². The Morgan fingerprint density at radius 1 is 1.50 bits per heavy atom. The Hall–Kier alpha value is 0.216. The number of carbonyl (C=O) groups is 1. The normalized spacial score (nSPS) is 23.8. The second-order valence-electron chi connectivity index (χ2n) is 2.85. The van der Waals surface area contributed by atoms with Gasteiger partial charge in [-0.2, -0.15) is 0 Å². The molecule has 14 heavy (non-hydrogen) atoms. The van der Waals surface area contributed by atoms with E-state index in [9.17, 15) is 14.3 Å². The Balaban J connectivity index is 0.000000980. The van der Waals surface area contributed by atoms with Gasteiger partial charge < -0.3 is 14.6 Å². The monoisotopic (exact) mass is 220 g/mol. The molecule has 1 fully saturated rings. The predicted molar refractivity (Wildman–Crippen MR) is 39.0 cm³/mol. The van der Waals surface area contributed by atoms with Gasteiger partial charge in [0.1, 0.15) is 18.0 Å². The third kappa shape index (κ3) is 2.62. The van der Waals surface area contributed by atoms with Gasteiger partial charge in [0.05, 0.1) is 5.97 Å². The molecular formula is C9H6FKO3. The molecule has 0 radical (unpaired) electrons. The van der Waals surface area contributed by atoms with Gasteiger partial charge in [-0.1, -0.05) is 12.1 Å². The first-order valence-electron chi connectivity index (χ1n) is 3.80. The SMILES string of the molecule is O=C([O-])C1OC1c1cccc(F)c1.[K+]. The molecule has 2 rings (SSSR count). The van der Waals surface area contributed by atoms with E-state index < -0.39 is 24.0 Å². The molecule has 1 aromatic carbocycles. The van der Waals surface area contributed by atoms with Gasteiger partial charge in [-0.15, -0.1) is 0 Å². The minimum atomic E-state index is -1.26. The van der Waals surface area contributed by atoms with E-state index >= 15 is 0 Å². The van der Waals surface area contributed by atoms with Crippen LogP contribution in [0.5, 0.6) is 0 Å². The summed E-state index contributed by atoms with van der Waals surface area (Å²) in [5.74, 6) is -1.65. The van der Waals surface area contributed by atoms with Crippen molar-refractivity contribution >= 4 is 5.97 Å². The largest absolute Gasteiger partial charge is 1.00 e. The van der Waals surface area contributed by atoms with Gasteiger partial charge in [-0.3, -0.25) is 0 Å². The molecule has 5 heteroatoms. The Morgan fingerprint density at radius 3 is 2.71 bits per heavy atom. The molecule has 1 aliphatic heterocycles. The zero-order valence-corrected chi connectivity index (χ0v) is 10.7. The molecular weight excluding hydrogens is 214 g/mol. The first-order chi connectivity index (χ1) is 6.18. The molecule has 3 nitrogen and oxygen atoms in total. The van der Waals surface area contributed by atoms with Crippen molar-refractivity contribution in [3.63, 3.8) is 0 Å². The van der Waals surface area contributed by atoms with E-state index in [-0.39, 0.29) is 51.4 Å². The first-order valence-corrected chi connectivity index (χ1v) is 3.80. The number of carboxylic acid groups (broad SMARTS) is 1. The van der Waals surface area contributed by atoms with Crippen molar-refractivity contribution in [3.05, 3.63) is 35.6 Å². The summed E-state index contributed by atoms with van der Waals surface area (Å²) in [6.07, 6.45) is -1.46. The Bertz CT molecular complexity index is 356. The molecule has 0 bridgehead atoms. The van der Waals surface area contributed by atoms with Crippen LogP contribution in [0.3, 0.4) is 0 Å². The van der Waals surface area contributed by atoms with Crippen LogP contribution in [0.25, 0.3) is 0 Å². The minimum absolute atomic E-state index is 0. The molecule has 2 unspecified atom stereocenters. The van der Waals surface area contributed by atoms with Gasteiger partial charge in [0.2, 0.25) is 0 Å². The first kappa shape index (κ1) is 12.3. The van der Waals surface area contributed by atoms with E-state index in [4.69, 9.17) is 4.74 Å². The van der Waals surface area contributed by atoms with Crippen LogP contribution in [-0.2, 0) is 9.53 Å². The summed E-state index contributed by atoms with van der Waals surface area (Å²) >= 11 is 0. The molecule has 1 heterocycles. The van der Waals surface area contributed by atoms with Crippen LogP contribution in [0.4, 0.5) is 4.39 Å². The summed E-state index contributed by atoms with van der Waals surface area (Å²) in [7, 11) is 0. The quantitative estimate of drug-likeness (QED) is 0.395. The summed E-state index contributed by atoms with van der Waals surface area (Å²) in [6.45, 7) is 0. The molecule has 68 valence electrons. The number of hydrogen-bond donors (Lipinski definition) is 0. The van der Waals surface area contributed by atoms with Crippen molar-refractivity contribution in [1.29, 1.82) is 0 Å². The van der Waals surface area contributed by atoms with E-state index in [0.717, 1.165) is 0 Å². The smallest absolute Gasteiger partial charge is 0.547 e. The van der Waals surface area contributed by atoms with Gasteiger partial charge in [0.15, 0.2) is 0 Å². The van der Waals surface area contributed by atoms with Crippen LogP contribution in [0.2, 0.25) is 0 Å². The maximum absolute atomic E-state index is 12.7. The zero-order chi connectivity index (χ0) is 9.42. The Morgan fingerprint density at radius 2 is 2.21 bits per heavy atom. The number of halogens is 1.